The zero-order chi connectivity index (χ0) is 16.4. The van der Waals surface area contributed by atoms with Gasteiger partial charge < -0.3 is 21.7 Å². The van der Waals surface area contributed by atoms with Gasteiger partial charge in [-0.15, -0.1) is 0 Å². The van der Waals surface area contributed by atoms with Crippen LogP contribution in [0.5, 0.6) is 0 Å². The fourth-order valence-corrected chi connectivity index (χ4v) is 1.69. The van der Waals surface area contributed by atoms with Crippen LogP contribution in [0.3, 0.4) is 0 Å². The van der Waals surface area contributed by atoms with Gasteiger partial charge in [0.05, 0.1) is 6.54 Å². The van der Waals surface area contributed by atoms with Crippen molar-refractivity contribution in [2.75, 3.05) is 20.1 Å². The number of aliphatic imine (C=N–C) groups is 1. The molecule has 0 aliphatic heterocycles. The number of nitrogens with one attached hydrogen (secondary N) is 3. The van der Waals surface area contributed by atoms with E-state index in [1.54, 1.807) is 19.2 Å². The van der Waals surface area contributed by atoms with E-state index < -0.39 is 5.91 Å². The Hall–Kier alpha value is -2.57. The number of primary amides is 1. The van der Waals surface area contributed by atoms with E-state index in [1.165, 1.54) is 0 Å². The number of hydrogen-bond acceptors (Lipinski definition) is 3. The smallest absolute Gasteiger partial charge is 0.251 e. The highest BCUT2D eigenvalue weighted by molar-refractivity contribution is 5.96. The van der Waals surface area contributed by atoms with Crippen molar-refractivity contribution in [1.29, 1.82) is 0 Å². The van der Waals surface area contributed by atoms with Crippen LogP contribution in [0.4, 0.5) is 0 Å². The molecule has 0 aliphatic rings. The molecule has 0 saturated carbocycles. The van der Waals surface area contributed by atoms with Gasteiger partial charge in [0.25, 0.3) is 5.91 Å². The van der Waals surface area contributed by atoms with Crippen LogP contribution in [-0.4, -0.2) is 37.9 Å². The van der Waals surface area contributed by atoms with Gasteiger partial charge in [-0.25, -0.2) is 0 Å². The quantitative estimate of drug-likeness (QED) is 0.419. The molecule has 1 rings (SSSR count). The van der Waals surface area contributed by atoms with E-state index in [4.69, 9.17) is 5.73 Å². The highest BCUT2D eigenvalue weighted by Gasteiger charge is 2.06. The fraction of sp³-hybridized carbons (Fsp3) is 0.400. The van der Waals surface area contributed by atoms with Gasteiger partial charge in [0, 0.05) is 25.7 Å². The SMILES string of the molecule is CCCNC(=NC)NCc1ccc(C(=O)NCC(N)=O)cc1. The van der Waals surface area contributed by atoms with Gasteiger partial charge in [-0.3, -0.25) is 14.6 Å². The highest BCUT2D eigenvalue weighted by Crippen LogP contribution is 2.04. The average molecular weight is 305 g/mol. The Morgan fingerprint density at radius 2 is 1.82 bits per heavy atom. The minimum atomic E-state index is -0.569. The number of amides is 2. The first-order valence-corrected chi connectivity index (χ1v) is 7.16. The minimum Gasteiger partial charge on any atom is -0.368 e. The zero-order valence-electron chi connectivity index (χ0n) is 13.0. The molecule has 0 aliphatic carbocycles. The van der Waals surface area contributed by atoms with Crippen LogP contribution in [0.1, 0.15) is 29.3 Å². The fourth-order valence-electron chi connectivity index (χ4n) is 1.69. The number of benzene rings is 1. The number of rotatable bonds is 7. The number of guanidine groups is 1. The van der Waals surface area contributed by atoms with Crippen molar-refractivity contribution in [3.63, 3.8) is 0 Å². The molecule has 5 N–H and O–H groups in total. The largest absolute Gasteiger partial charge is 0.368 e. The second-order valence-corrected chi connectivity index (χ2v) is 4.70. The maximum absolute atomic E-state index is 11.7. The van der Waals surface area contributed by atoms with Crippen molar-refractivity contribution in [1.82, 2.24) is 16.0 Å². The molecule has 0 unspecified atom stereocenters. The van der Waals surface area contributed by atoms with E-state index in [0.29, 0.717) is 12.1 Å². The topological polar surface area (TPSA) is 109 Å². The van der Waals surface area contributed by atoms with Crippen LogP contribution < -0.4 is 21.7 Å². The van der Waals surface area contributed by atoms with Gasteiger partial charge >= 0.3 is 0 Å². The summed E-state index contributed by atoms with van der Waals surface area (Å²) in [7, 11) is 1.72. The van der Waals surface area contributed by atoms with Crippen LogP contribution in [0, 0.1) is 0 Å². The molecular formula is C15H23N5O2. The molecule has 0 aromatic heterocycles. The number of carbonyl (C=O) groups is 2. The maximum Gasteiger partial charge on any atom is 0.251 e. The summed E-state index contributed by atoms with van der Waals surface area (Å²) in [6.07, 6.45) is 1.02. The van der Waals surface area contributed by atoms with Gasteiger partial charge in [-0.05, 0) is 24.1 Å². The van der Waals surface area contributed by atoms with Gasteiger partial charge in [0.1, 0.15) is 0 Å². The Bertz CT molecular complexity index is 525. The number of nitrogens with zero attached hydrogens (tertiary/aromatic N) is 1. The lowest BCUT2D eigenvalue weighted by Gasteiger charge is -2.11. The van der Waals surface area contributed by atoms with E-state index in [-0.39, 0.29) is 12.5 Å². The normalized spacial score (nSPS) is 10.9. The second-order valence-electron chi connectivity index (χ2n) is 4.70. The molecule has 120 valence electrons. The molecule has 22 heavy (non-hydrogen) atoms. The van der Waals surface area contributed by atoms with Crippen LogP contribution in [0.2, 0.25) is 0 Å². The van der Waals surface area contributed by atoms with Crippen molar-refractivity contribution in [3.05, 3.63) is 35.4 Å². The summed E-state index contributed by atoms with van der Waals surface area (Å²) in [5.41, 5.74) is 6.48. The first-order chi connectivity index (χ1) is 10.6. The first kappa shape index (κ1) is 17.5. The van der Waals surface area contributed by atoms with Crippen LogP contribution in [0.25, 0.3) is 0 Å². The van der Waals surface area contributed by atoms with Crippen molar-refractivity contribution < 1.29 is 9.59 Å². The first-order valence-electron chi connectivity index (χ1n) is 7.16. The maximum atomic E-state index is 11.7. The Morgan fingerprint density at radius 3 is 2.36 bits per heavy atom. The summed E-state index contributed by atoms with van der Waals surface area (Å²) in [5, 5.41) is 8.81. The summed E-state index contributed by atoms with van der Waals surface area (Å²) in [6, 6.07) is 7.10. The summed E-state index contributed by atoms with van der Waals surface area (Å²) in [5.74, 6) is -0.149. The van der Waals surface area contributed by atoms with Gasteiger partial charge in [0.15, 0.2) is 5.96 Å². The Balaban J connectivity index is 2.50. The lowest BCUT2D eigenvalue weighted by atomic mass is 10.1. The second kappa shape index (κ2) is 9.38. The number of nitrogens with two attached hydrogens (primary N) is 1. The zero-order valence-corrected chi connectivity index (χ0v) is 13.0. The van der Waals surface area contributed by atoms with Crippen molar-refractivity contribution >= 4 is 17.8 Å². The highest BCUT2D eigenvalue weighted by atomic mass is 16.2. The van der Waals surface area contributed by atoms with Gasteiger partial charge in [-0.1, -0.05) is 19.1 Å². The van der Waals surface area contributed by atoms with Crippen molar-refractivity contribution in [2.45, 2.75) is 19.9 Å². The Kier molecular flexibility index (Phi) is 7.45. The van der Waals surface area contributed by atoms with Crippen LogP contribution >= 0.6 is 0 Å². The molecule has 0 bridgehead atoms. The molecule has 1 aromatic carbocycles. The van der Waals surface area contributed by atoms with Crippen LogP contribution in [0.15, 0.2) is 29.3 Å². The predicted molar refractivity (Wildman–Crippen MR) is 86.5 cm³/mol. The van der Waals surface area contributed by atoms with Crippen molar-refractivity contribution in [2.24, 2.45) is 10.7 Å². The molecule has 0 saturated heterocycles. The standard InChI is InChI=1S/C15H23N5O2/c1-3-8-18-15(17-2)20-9-11-4-6-12(7-5-11)14(22)19-10-13(16)21/h4-7H,3,8-10H2,1-2H3,(H2,16,21)(H,19,22)(H2,17,18,20). The Morgan fingerprint density at radius 1 is 1.14 bits per heavy atom. The lowest BCUT2D eigenvalue weighted by Crippen LogP contribution is -2.37. The lowest BCUT2D eigenvalue weighted by molar-refractivity contribution is -0.117. The molecule has 0 fully saturated rings. The average Bonchev–Trinajstić information content (AvgIpc) is 2.53. The third-order valence-corrected chi connectivity index (χ3v) is 2.87. The summed E-state index contributed by atoms with van der Waals surface area (Å²) < 4.78 is 0. The minimum absolute atomic E-state index is 0.165. The summed E-state index contributed by atoms with van der Waals surface area (Å²) >= 11 is 0. The molecule has 7 heteroatoms. The van der Waals surface area contributed by atoms with Gasteiger partial charge in [-0.2, -0.15) is 0 Å². The molecule has 0 heterocycles. The van der Waals surface area contributed by atoms with E-state index in [0.717, 1.165) is 24.5 Å². The van der Waals surface area contributed by atoms with E-state index in [2.05, 4.69) is 27.9 Å². The van der Waals surface area contributed by atoms with E-state index in [1.807, 2.05) is 12.1 Å². The molecule has 0 radical (unpaired) electrons. The monoisotopic (exact) mass is 305 g/mol. The third kappa shape index (κ3) is 6.25. The van der Waals surface area contributed by atoms with Crippen molar-refractivity contribution in [3.8, 4) is 0 Å². The van der Waals surface area contributed by atoms with Crippen LogP contribution in [-0.2, 0) is 11.3 Å². The molecular weight excluding hydrogens is 282 g/mol. The molecule has 0 atom stereocenters. The summed E-state index contributed by atoms with van der Waals surface area (Å²) in [4.78, 5) is 26.5. The van der Waals surface area contributed by atoms with E-state index in [9.17, 15) is 9.59 Å². The summed E-state index contributed by atoms with van der Waals surface area (Å²) in [6.45, 7) is 3.38. The number of carbonyl (C=O) groups excluding carboxylic acids is 2. The Labute approximate surface area is 130 Å². The molecule has 1 aromatic rings. The van der Waals surface area contributed by atoms with Gasteiger partial charge in [0.2, 0.25) is 5.91 Å². The third-order valence-electron chi connectivity index (χ3n) is 2.87. The number of hydrogen-bond donors (Lipinski definition) is 4. The molecule has 2 amide bonds. The molecule has 7 nitrogen and oxygen atoms in total. The molecule has 0 spiro atoms. The predicted octanol–water partition coefficient (Wildman–Crippen LogP) is -0.0233. The van der Waals surface area contributed by atoms with E-state index >= 15 is 0 Å².